The standard InChI is InChI=1S/C17H24FNO2/c1-2-19(13-14-7-6-8-15(18)11-14)16(20)12-17(21)9-4-3-5-10-17/h6-8,11,21H,2-5,9-10,12-13H2,1H3. The number of nitrogens with zero attached hydrogens (tertiary/aromatic N) is 1. The van der Waals surface area contributed by atoms with Crippen molar-refractivity contribution in [2.24, 2.45) is 0 Å². The number of rotatable bonds is 5. The van der Waals surface area contributed by atoms with Crippen LogP contribution < -0.4 is 0 Å². The van der Waals surface area contributed by atoms with Crippen molar-refractivity contribution in [1.82, 2.24) is 4.90 Å². The van der Waals surface area contributed by atoms with E-state index >= 15 is 0 Å². The lowest BCUT2D eigenvalue weighted by molar-refractivity contribution is -0.138. The van der Waals surface area contributed by atoms with E-state index < -0.39 is 5.60 Å². The molecule has 1 saturated carbocycles. The number of halogens is 1. The van der Waals surface area contributed by atoms with Gasteiger partial charge in [-0.05, 0) is 37.5 Å². The zero-order valence-corrected chi connectivity index (χ0v) is 12.6. The van der Waals surface area contributed by atoms with Gasteiger partial charge in [-0.25, -0.2) is 4.39 Å². The molecule has 0 bridgehead atoms. The molecule has 1 fully saturated rings. The van der Waals surface area contributed by atoms with Gasteiger partial charge in [-0.15, -0.1) is 0 Å². The Kier molecular flexibility index (Phi) is 5.34. The van der Waals surface area contributed by atoms with Crippen LogP contribution >= 0.6 is 0 Å². The summed E-state index contributed by atoms with van der Waals surface area (Å²) in [5, 5.41) is 10.5. The number of hydrogen-bond donors (Lipinski definition) is 1. The molecule has 1 aromatic carbocycles. The van der Waals surface area contributed by atoms with Crippen molar-refractivity contribution in [2.75, 3.05) is 6.54 Å². The summed E-state index contributed by atoms with van der Waals surface area (Å²) in [6.07, 6.45) is 4.69. The molecule has 0 aliphatic heterocycles. The van der Waals surface area contributed by atoms with Gasteiger partial charge in [0.15, 0.2) is 0 Å². The molecule has 0 unspecified atom stereocenters. The predicted molar refractivity (Wildman–Crippen MR) is 80.1 cm³/mol. The van der Waals surface area contributed by atoms with Gasteiger partial charge in [0.05, 0.1) is 12.0 Å². The van der Waals surface area contributed by atoms with Crippen molar-refractivity contribution in [3.05, 3.63) is 35.6 Å². The van der Waals surface area contributed by atoms with Gasteiger partial charge in [-0.1, -0.05) is 31.4 Å². The van der Waals surface area contributed by atoms with E-state index in [4.69, 9.17) is 0 Å². The molecule has 116 valence electrons. The zero-order valence-electron chi connectivity index (χ0n) is 12.6. The largest absolute Gasteiger partial charge is 0.389 e. The Labute approximate surface area is 125 Å². The third-order valence-corrected chi connectivity index (χ3v) is 4.26. The topological polar surface area (TPSA) is 40.5 Å². The summed E-state index contributed by atoms with van der Waals surface area (Å²) in [7, 11) is 0. The Hall–Kier alpha value is -1.42. The average Bonchev–Trinajstić information content (AvgIpc) is 2.45. The second-order valence-electron chi connectivity index (χ2n) is 6.00. The number of carbonyl (C=O) groups is 1. The summed E-state index contributed by atoms with van der Waals surface area (Å²) in [4.78, 5) is 14.1. The van der Waals surface area contributed by atoms with Gasteiger partial charge in [0.25, 0.3) is 0 Å². The zero-order chi connectivity index (χ0) is 15.3. The number of aliphatic hydroxyl groups is 1. The van der Waals surface area contributed by atoms with Crippen molar-refractivity contribution in [3.8, 4) is 0 Å². The van der Waals surface area contributed by atoms with E-state index in [2.05, 4.69) is 0 Å². The molecule has 21 heavy (non-hydrogen) atoms. The average molecular weight is 293 g/mol. The van der Waals surface area contributed by atoms with Crippen LogP contribution in [0.3, 0.4) is 0 Å². The highest BCUT2D eigenvalue weighted by molar-refractivity contribution is 5.77. The molecule has 0 atom stereocenters. The SMILES string of the molecule is CCN(Cc1cccc(F)c1)C(=O)CC1(O)CCCCC1. The van der Waals surface area contributed by atoms with Crippen molar-refractivity contribution >= 4 is 5.91 Å². The van der Waals surface area contributed by atoms with Crippen LogP contribution in [0.15, 0.2) is 24.3 Å². The lowest BCUT2D eigenvalue weighted by Crippen LogP contribution is -2.40. The molecule has 3 nitrogen and oxygen atoms in total. The monoisotopic (exact) mass is 293 g/mol. The van der Waals surface area contributed by atoms with Crippen LogP contribution in [0.4, 0.5) is 4.39 Å². The fraction of sp³-hybridized carbons (Fsp3) is 0.588. The molecular weight excluding hydrogens is 269 g/mol. The van der Waals surface area contributed by atoms with Gasteiger partial charge >= 0.3 is 0 Å². The van der Waals surface area contributed by atoms with Crippen molar-refractivity contribution in [3.63, 3.8) is 0 Å². The summed E-state index contributed by atoms with van der Waals surface area (Å²) in [5.74, 6) is -0.340. The second kappa shape index (κ2) is 7.03. The lowest BCUT2D eigenvalue weighted by Gasteiger charge is -2.33. The third kappa shape index (κ3) is 4.53. The van der Waals surface area contributed by atoms with Crippen LogP contribution in [-0.2, 0) is 11.3 Å². The molecule has 1 aromatic rings. The summed E-state index contributed by atoms with van der Waals surface area (Å²) in [5.41, 5.74) is -0.0640. The van der Waals surface area contributed by atoms with E-state index in [9.17, 15) is 14.3 Å². The molecule has 1 aliphatic rings. The molecule has 0 aromatic heterocycles. The van der Waals surface area contributed by atoms with Gasteiger partial charge < -0.3 is 10.0 Å². The molecule has 2 rings (SSSR count). The maximum atomic E-state index is 13.2. The lowest BCUT2D eigenvalue weighted by atomic mass is 9.82. The normalized spacial score (nSPS) is 17.5. The van der Waals surface area contributed by atoms with Gasteiger partial charge in [0.2, 0.25) is 5.91 Å². The highest BCUT2D eigenvalue weighted by Crippen LogP contribution is 2.31. The van der Waals surface area contributed by atoms with Crippen molar-refractivity contribution < 1.29 is 14.3 Å². The minimum Gasteiger partial charge on any atom is -0.389 e. The van der Waals surface area contributed by atoms with Crippen LogP contribution in [0.5, 0.6) is 0 Å². The Morgan fingerprint density at radius 1 is 1.33 bits per heavy atom. The van der Waals surface area contributed by atoms with Gasteiger partial charge in [0, 0.05) is 13.1 Å². The van der Waals surface area contributed by atoms with Crippen LogP contribution in [0.2, 0.25) is 0 Å². The quantitative estimate of drug-likeness (QED) is 0.905. The fourth-order valence-corrected chi connectivity index (χ4v) is 3.01. The van der Waals surface area contributed by atoms with Gasteiger partial charge in [0.1, 0.15) is 5.82 Å². The molecule has 1 amide bonds. The summed E-state index contributed by atoms with van der Waals surface area (Å²) in [6, 6.07) is 6.31. The first-order chi connectivity index (χ1) is 10.0. The van der Waals surface area contributed by atoms with E-state index in [1.165, 1.54) is 12.1 Å². The summed E-state index contributed by atoms with van der Waals surface area (Å²) >= 11 is 0. The smallest absolute Gasteiger partial charge is 0.225 e. The maximum Gasteiger partial charge on any atom is 0.225 e. The van der Waals surface area contributed by atoms with Crippen LogP contribution in [-0.4, -0.2) is 28.1 Å². The number of benzene rings is 1. The second-order valence-corrected chi connectivity index (χ2v) is 6.00. The minimum absolute atomic E-state index is 0.0499. The van der Waals surface area contributed by atoms with E-state index in [0.29, 0.717) is 25.9 Å². The predicted octanol–water partition coefficient (Wildman–Crippen LogP) is 3.26. The molecule has 1 aliphatic carbocycles. The third-order valence-electron chi connectivity index (χ3n) is 4.26. The van der Waals surface area contributed by atoms with E-state index in [-0.39, 0.29) is 18.1 Å². The minimum atomic E-state index is -0.843. The Morgan fingerprint density at radius 3 is 2.67 bits per heavy atom. The number of hydrogen-bond acceptors (Lipinski definition) is 2. The Morgan fingerprint density at radius 2 is 2.05 bits per heavy atom. The first-order valence-corrected chi connectivity index (χ1v) is 7.77. The highest BCUT2D eigenvalue weighted by Gasteiger charge is 2.33. The number of carbonyl (C=O) groups excluding carboxylic acids is 1. The molecule has 0 saturated heterocycles. The molecule has 4 heteroatoms. The summed E-state index contributed by atoms with van der Waals surface area (Å²) in [6.45, 7) is 2.86. The summed E-state index contributed by atoms with van der Waals surface area (Å²) < 4.78 is 13.2. The van der Waals surface area contributed by atoms with Crippen LogP contribution in [0, 0.1) is 5.82 Å². The molecule has 0 radical (unpaired) electrons. The van der Waals surface area contributed by atoms with Gasteiger partial charge in [-0.2, -0.15) is 0 Å². The Balaban J connectivity index is 1.98. The van der Waals surface area contributed by atoms with E-state index in [1.54, 1.807) is 11.0 Å². The first-order valence-electron chi connectivity index (χ1n) is 7.77. The fourth-order valence-electron chi connectivity index (χ4n) is 3.01. The van der Waals surface area contributed by atoms with Gasteiger partial charge in [-0.3, -0.25) is 4.79 Å². The molecule has 1 N–H and O–H groups in total. The van der Waals surface area contributed by atoms with Crippen LogP contribution in [0.1, 0.15) is 51.0 Å². The molecular formula is C17H24FNO2. The first kappa shape index (κ1) is 16.0. The molecule has 0 spiro atoms. The molecule has 0 heterocycles. The number of amides is 1. The van der Waals surface area contributed by atoms with Crippen LogP contribution in [0.25, 0.3) is 0 Å². The maximum absolute atomic E-state index is 13.2. The van der Waals surface area contributed by atoms with E-state index in [1.807, 2.05) is 13.0 Å². The van der Waals surface area contributed by atoms with E-state index in [0.717, 1.165) is 24.8 Å². The van der Waals surface area contributed by atoms with Crippen molar-refractivity contribution in [2.45, 2.75) is 57.6 Å². The Bertz CT molecular complexity index is 483. The highest BCUT2D eigenvalue weighted by atomic mass is 19.1. The van der Waals surface area contributed by atoms with Crippen molar-refractivity contribution in [1.29, 1.82) is 0 Å².